The van der Waals surface area contributed by atoms with Gasteiger partial charge in [-0.05, 0) is 49.1 Å². The normalized spacial score (nSPS) is 29.5. The summed E-state index contributed by atoms with van der Waals surface area (Å²) in [5, 5.41) is 13.6. The molecule has 30 heavy (non-hydrogen) atoms. The second kappa shape index (κ2) is 8.66. The van der Waals surface area contributed by atoms with Crippen LogP contribution in [0.5, 0.6) is 0 Å². The van der Waals surface area contributed by atoms with E-state index in [2.05, 4.69) is 16.0 Å². The molecule has 1 aliphatic carbocycles. The lowest BCUT2D eigenvalue weighted by molar-refractivity contribution is -0.158. The number of nitrogens with zero attached hydrogens (tertiary/aromatic N) is 2. The minimum absolute atomic E-state index is 0.121. The molecule has 4 rings (SSSR count). The van der Waals surface area contributed by atoms with E-state index in [0.717, 1.165) is 35.0 Å². The molecule has 7 nitrogen and oxygen atoms in total. The Labute approximate surface area is 176 Å². The number of ether oxygens (including phenoxy) is 2. The minimum atomic E-state index is -0.734. The Bertz CT molecular complexity index is 950. The van der Waals surface area contributed by atoms with E-state index in [1.54, 1.807) is 12.1 Å². The Hall–Kier alpha value is -2.56. The lowest BCUT2D eigenvalue weighted by Gasteiger charge is -2.41. The van der Waals surface area contributed by atoms with Gasteiger partial charge in [0.2, 0.25) is 0 Å². The van der Waals surface area contributed by atoms with Gasteiger partial charge in [-0.2, -0.15) is 11.5 Å². The molecule has 7 heteroatoms. The molecule has 1 saturated carbocycles. The molecule has 5 atom stereocenters. The smallest absolute Gasteiger partial charge is 0.311 e. The predicted octanol–water partition coefficient (Wildman–Crippen LogP) is 3.11. The molecule has 0 saturated heterocycles. The minimum Gasteiger partial charge on any atom is -0.469 e. The average Bonchev–Trinajstić information content (AvgIpc) is 3.14. The van der Waals surface area contributed by atoms with Gasteiger partial charge in [0.25, 0.3) is 0 Å². The van der Waals surface area contributed by atoms with Crippen molar-refractivity contribution >= 4 is 16.9 Å². The summed E-state index contributed by atoms with van der Waals surface area (Å²) in [5.74, 6) is -0.996. The summed E-state index contributed by atoms with van der Waals surface area (Å²) in [5.41, 5.74) is 3.21. The molecule has 2 N–H and O–H groups in total. The molecule has 1 aromatic heterocycles. The maximum atomic E-state index is 12.6. The highest BCUT2D eigenvalue weighted by molar-refractivity contribution is 5.84. The van der Waals surface area contributed by atoms with Crippen molar-refractivity contribution in [1.82, 2.24) is 9.99 Å². The summed E-state index contributed by atoms with van der Waals surface area (Å²) in [7, 11) is 3.06. The van der Waals surface area contributed by atoms with Crippen LogP contribution < -0.4 is 0 Å². The lowest BCUT2D eigenvalue weighted by Crippen LogP contribution is -2.47. The summed E-state index contributed by atoms with van der Waals surface area (Å²) < 4.78 is 11.0. The van der Waals surface area contributed by atoms with Gasteiger partial charge in [-0.15, -0.1) is 5.01 Å². The summed E-state index contributed by atoms with van der Waals surface area (Å²) >= 11 is 0. The van der Waals surface area contributed by atoms with Crippen LogP contribution in [0, 0.1) is 24.3 Å². The van der Waals surface area contributed by atoms with Crippen LogP contribution in [0.1, 0.15) is 36.6 Å². The molecular weight excluding hydrogens is 382 g/mol. The molecule has 0 bridgehead atoms. The number of fused-ring (bicyclic) bond motifs is 4. The maximum absolute atomic E-state index is 12.6. The number of rotatable bonds is 2. The molecule has 0 unspecified atom stereocenters. The maximum Gasteiger partial charge on any atom is 0.311 e. The average molecular weight is 412 g/mol. The number of para-hydroxylation sites is 1. The lowest BCUT2D eigenvalue weighted by atomic mass is 9.67. The number of carbonyl (C=O) groups is 1. The molecule has 0 spiro atoms. The van der Waals surface area contributed by atoms with Gasteiger partial charge in [-0.3, -0.25) is 4.79 Å². The van der Waals surface area contributed by atoms with E-state index < -0.39 is 12.0 Å². The van der Waals surface area contributed by atoms with Crippen LogP contribution in [0.15, 0.2) is 24.3 Å². The third-order valence-corrected chi connectivity index (χ3v) is 6.93. The van der Waals surface area contributed by atoms with Crippen molar-refractivity contribution in [2.75, 3.05) is 27.3 Å². The summed E-state index contributed by atoms with van der Waals surface area (Å²) in [6.45, 7) is 8.87. The van der Waals surface area contributed by atoms with E-state index >= 15 is 0 Å². The number of hydrogen-bond donors (Lipinski definition) is 2. The van der Waals surface area contributed by atoms with Crippen LogP contribution in [-0.4, -0.2) is 54.5 Å². The number of H-pyrrole nitrogens is 1. The van der Waals surface area contributed by atoms with Crippen molar-refractivity contribution in [1.29, 1.82) is 0 Å². The quantitative estimate of drug-likeness (QED) is 0.586. The third-order valence-electron chi connectivity index (χ3n) is 6.93. The van der Waals surface area contributed by atoms with Gasteiger partial charge in [0.05, 0.1) is 38.3 Å². The second-order valence-corrected chi connectivity index (χ2v) is 8.40. The van der Waals surface area contributed by atoms with Gasteiger partial charge in [0.1, 0.15) is 0 Å². The number of esters is 1. The number of methoxy groups -OCH3 is 2. The van der Waals surface area contributed by atoms with Gasteiger partial charge in [-0.25, -0.2) is 0 Å². The van der Waals surface area contributed by atoms with Crippen LogP contribution >= 0.6 is 0 Å². The van der Waals surface area contributed by atoms with Crippen LogP contribution in [0.25, 0.3) is 15.9 Å². The summed E-state index contributed by atoms with van der Waals surface area (Å²) in [6.07, 6.45) is 1.70. The Morgan fingerprint density at radius 2 is 2.10 bits per heavy atom. The topological polar surface area (TPSA) is 79.2 Å². The van der Waals surface area contributed by atoms with E-state index in [0.29, 0.717) is 25.9 Å². The van der Waals surface area contributed by atoms with Gasteiger partial charge in [0.15, 0.2) is 0 Å². The largest absolute Gasteiger partial charge is 0.469 e. The van der Waals surface area contributed by atoms with Gasteiger partial charge in [0, 0.05) is 23.7 Å². The van der Waals surface area contributed by atoms with Crippen molar-refractivity contribution in [3.8, 4) is 0 Å². The molecule has 0 amide bonds. The number of benzene rings is 1. The third kappa shape index (κ3) is 3.66. The monoisotopic (exact) mass is 411 g/mol. The Morgan fingerprint density at radius 1 is 1.30 bits per heavy atom. The van der Waals surface area contributed by atoms with Gasteiger partial charge in [-0.1, -0.05) is 18.2 Å². The first-order valence-electron chi connectivity index (χ1n) is 10.6. The Morgan fingerprint density at radius 3 is 2.83 bits per heavy atom. The van der Waals surface area contributed by atoms with Crippen LogP contribution in [0.3, 0.4) is 0 Å². The van der Waals surface area contributed by atoms with Crippen molar-refractivity contribution in [2.45, 2.75) is 37.9 Å². The molecule has 1 aromatic carbocycles. The van der Waals surface area contributed by atoms with Gasteiger partial charge >= 0.3 is 5.97 Å². The number of nitrogens with one attached hydrogen (secondary N) is 1. The molecule has 160 valence electrons. The van der Waals surface area contributed by atoms with Gasteiger partial charge < -0.3 is 19.6 Å². The summed E-state index contributed by atoms with van der Waals surface area (Å²) in [4.78, 5) is 19.9. The van der Waals surface area contributed by atoms with Crippen molar-refractivity contribution in [3.05, 3.63) is 47.0 Å². The molecule has 2 aliphatic rings. The standard InChI is InChI=1S/C23H29N3O4/c1-24-26-11-10-16-15-6-4-5-7-18(15)25-22(16)20(29-2)12-17-14(13-26)8-9-19(27)21(17)23(28)30-3/h4-7,14,17,19-21,25,27H,8-13H2,2-3H3/t14-,17-,19-,20+,21+/m0/s1. The molecule has 2 aromatic rings. The summed E-state index contributed by atoms with van der Waals surface area (Å²) in [6, 6.07) is 8.16. The van der Waals surface area contributed by atoms with Crippen molar-refractivity contribution in [2.24, 2.45) is 17.8 Å². The van der Waals surface area contributed by atoms with E-state index in [-0.39, 0.29) is 23.9 Å². The molecular formula is C23H29N3O4. The molecule has 1 fully saturated rings. The highest BCUT2D eigenvalue weighted by atomic mass is 16.5. The Balaban J connectivity index is 1.80. The zero-order chi connectivity index (χ0) is 21.3. The van der Waals surface area contributed by atoms with E-state index in [1.807, 2.05) is 18.2 Å². The van der Waals surface area contributed by atoms with E-state index in [1.165, 1.54) is 7.11 Å². The Kier molecular flexibility index (Phi) is 5.98. The van der Waals surface area contributed by atoms with Crippen LogP contribution in [0.2, 0.25) is 0 Å². The highest BCUT2D eigenvalue weighted by Crippen LogP contribution is 2.44. The predicted molar refractivity (Wildman–Crippen MR) is 112 cm³/mol. The van der Waals surface area contributed by atoms with Crippen LogP contribution in [-0.2, 0) is 20.7 Å². The fourth-order valence-electron chi connectivity index (χ4n) is 5.43. The molecule has 0 radical (unpaired) electrons. The number of aromatic nitrogens is 1. The number of aromatic amines is 1. The SMILES string of the molecule is [C-]#[N+]N1CCc2c([nH]c3ccccc23)[C@H](OC)C[C@H]2[C@@H](CC[C@H](O)[C@@H]2C(=O)OC)C1. The van der Waals surface area contributed by atoms with E-state index in [9.17, 15) is 9.90 Å². The number of aliphatic hydroxyl groups is 1. The first-order chi connectivity index (χ1) is 14.6. The zero-order valence-electron chi connectivity index (χ0n) is 17.5. The van der Waals surface area contributed by atoms with E-state index in [4.69, 9.17) is 16.0 Å². The first kappa shape index (κ1) is 20.7. The van der Waals surface area contributed by atoms with Crippen molar-refractivity contribution < 1.29 is 19.4 Å². The fourth-order valence-corrected chi connectivity index (χ4v) is 5.43. The number of carbonyl (C=O) groups excluding carboxylic acids is 1. The zero-order valence-corrected chi connectivity index (χ0v) is 17.5. The first-order valence-corrected chi connectivity index (χ1v) is 10.6. The van der Waals surface area contributed by atoms with Crippen LogP contribution in [0.4, 0.5) is 0 Å². The van der Waals surface area contributed by atoms with Crippen molar-refractivity contribution in [3.63, 3.8) is 0 Å². The molecule has 1 aliphatic heterocycles. The second-order valence-electron chi connectivity index (χ2n) is 8.40. The molecule has 2 heterocycles. The fraction of sp³-hybridized carbons (Fsp3) is 0.565. The highest BCUT2D eigenvalue weighted by Gasteiger charge is 2.46. The number of hydrogen-bond acceptors (Lipinski definition) is 5. The number of aliphatic hydroxyl groups excluding tert-OH is 1.